The van der Waals surface area contributed by atoms with Crippen molar-refractivity contribution in [2.45, 2.75) is 13.3 Å². The maximum Gasteiger partial charge on any atom is 0.306 e. The minimum Gasteiger partial charge on any atom is -0.481 e. The van der Waals surface area contributed by atoms with Gasteiger partial charge in [0.05, 0.1) is 5.92 Å². The van der Waals surface area contributed by atoms with Crippen LogP contribution in [0.25, 0.3) is 0 Å². The van der Waals surface area contributed by atoms with Gasteiger partial charge in [0.2, 0.25) is 0 Å². The van der Waals surface area contributed by atoms with Crippen molar-refractivity contribution < 1.29 is 9.90 Å². The van der Waals surface area contributed by atoms with Crippen LogP contribution in [0.1, 0.15) is 12.6 Å². The number of carboxylic acids is 1. The zero-order chi connectivity index (χ0) is 9.84. The lowest BCUT2D eigenvalue weighted by Crippen LogP contribution is -2.12. The maximum absolute atomic E-state index is 10.5. The molecule has 3 nitrogen and oxygen atoms in total. The summed E-state index contributed by atoms with van der Waals surface area (Å²) in [4.78, 5) is 14.6. The fourth-order valence-corrected chi connectivity index (χ4v) is 1.34. The summed E-state index contributed by atoms with van der Waals surface area (Å²) in [6.07, 6.45) is 2.13. The van der Waals surface area contributed by atoms with Crippen molar-refractivity contribution in [2.24, 2.45) is 5.92 Å². The Morgan fingerprint density at radius 2 is 2.46 bits per heavy atom. The lowest BCUT2D eigenvalue weighted by molar-refractivity contribution is -0.141. The second-order valence-corrected chi connectivity index (χ2v) is 3.82. The van der Waals surface area contributed by atoms with Crippen molar-refractivity contribution in [1.29, 1.82) is 0 Å². The van der Waals surface area contributed by atoms with Gasteiger partial charge in [0.1, 0.15) is 0 Å². The SMILES string of the molecule is CC(Cc1cc(Br)ccn1)C(=O)O. The lowest BCUT2D eigenvalue weighted by atomic mass is 10.1. The van der Waals surface area contributed by atoms with E-state index in [9.17, 15) is 4.79 Å². The van der Waals surface area contributed by atoms with E-state index in [0.29, 0.717) is 6.42 Å². The van der Waals surface area contributed by atoms with Gasteiger partial charge in [0.25, 0.3) is 0 Å². The molecule has 0 saturated carbocycles. The number of halogens is 1. The summed E-state index contributed by atoms with van der Waals surface area (Å²) in [5.41, 5.74) is 0.796. The Kier molecular flexibility index (Phi) is 3.42. The van der Waals surface area contributed by atoms with E-state index in [2.05, 4.69) is 20.9 Å². The van der Waals surface area contributed by atoms with Gasteiger partial charge in [-0.05, 0) is 12.1 Å². The van der Waals surface area contributed by atoms with Crippen LogP contribution in [0.3, 0.4) is 0 Å². The summed E-state index contributed by atoms with van der Waals surface area (Å²) in [7, 11) is 0. The summed E-state index contributed by atoms with van der Waals surface area (Å²) in [6.45, 7) is 1.67. The molecule has 1 rings (SSSR count). The van der Waals surface area contributed by atoms with Crippen molar-refractivity contribution in [3.63, 3.8) is 0 Å². The van der Waals surface area contributed by atoms with Gasteiger partial charge >= 0.3 is 5.97 Å². The summed E-state index contributed by atoms with van der Waals surface area (Å²) >= 11 is 3.30. The number of nitrogens with zero attached hydrogens (tertiary/aromatic N) is 1. The van der Waals surface area contributed by atoms with Gasteiger partial charge in [0, 0.05) is 22.8 Å². The zero-order valence-corrected chi connectivity index (χ0v) is 8.78. The number of pyridine rings is 1. The molecule has 70 valence electrons. The Bertz CT molecular complexity index is 314. The van der Waals surface area contributed by atoms with Crippen LogP contribution in [0.2, 0.25) is 0 Å². The van der Waals surface area contributed by atoms with Crippen LogP contribution in [0.15, 0.2) is 22.8 Å². The normalized spacial score (nSPS) is 12.5. The Hall–Kier alpha value is -0.900. The lowest BCUT2D eigenvalue weighted by Gasteiger charge is -2.04. The fourth-order valence-electron chi connectivity index (χ4n) is 0.961. The van der Waals surface area contributed by atoms with Gasteiger partial charge in [-0.1, -0.05) is 22.9 Å². The molecule has 1 atom stereocenters. The molecule has 0 spiro atoms. The van der Waals surface area contributed by atoms with Gasteiger partial charge in [0.15, 0.2) is 0 Å². The Morgan fingerprint density at radius 1 is 1.77 bits per heavy atom. The van der Waals surface area contributed by atoms with Crippen LogP contribution < -0.4 is 0 Å². The van der Waals surface area contributed by atoms with Crippen molar-refractivity contribution in [3.05, 3.63) is 28.5 Å². The Balaban J connectivity index is 2.69. The summed E-state index contributed by atoms with van der Waals surface area (Å²) in [5.74, 6) is -1.18. The fraction of sp³-hybridized carbons (Fsp3) is 0.333. The van der Waals surface area contributed by atoms with E-state index >= 15 is 0 Å². The quantitative estimate of drug-likeness (QED) is 0.885. The van der Waals surface area contributed by atoms with E-state index in [-0.39, 0.29) is 5.92 Å². The highest BCUT2D eigenvalue weighted by Gasteiger charge is 2.12. The van der Waals surface area contributed by atoms with Gasteiger partial charge in [-0.25, -0.2) is 0 Å². The number of carbonyl (C=O) groups is 1. The summed E-state index contributed by atoms with van der Waals surface area (Å²) < 4.78 is 0.926. The van der Waals surface area contributed by atoms with Crippen molar-refractivity contribution in [3.8, 4) is 0 Å². The molecule has 1 aromatic rings. The molecule has 0 aliphatic rings. The van der Waals surface area contributed by atoms with Crippen LogP contribution >= 0.6 is 15.9 Å². The van der Waals surface area contributed by atoms with Crippen LogP contribution in [0.4, 0.5) is 0 Å². The van der Waals surface area contributed by atoms with E-state index in [0.717, 1.165) is 10.2 Å². The average Bonchev–Trinajstić information content (AvgIpc) is 2.04. The second-order valence-electron chi connectivity index (χ2n) is 2.91. The first-order chi connectivity index (χ1) is 6.09. The molecular formula is C9H10BrNO2. The molecular weight excluding hydrogens is 234 g/mol. The smallest absolute Gasteiger partial charge is 0.306 e. The second kappa shape index (κ2) is 4.37. The molecule has 0 amide bonds. The van der Waals surface area contributed by atoms with Crippen LogP contribution in [-0.4, -0.2) is 16.1 Å². The number of aromatic nitrogens is 1. The first-order valence-corrected chi connectivity index (χ1v) is 4.72. The Labute approximate surface area is 84.9 Å². The van der Waals surface area contributed by atoms with E-state index < -0.39 is 5.97 Å². The molecule has 0 fully saturated rings. The first-order valence-electron chi connectivity index (χ1n) is 3.93. The molecule has 0 radical (unpaired) electrons. The number of aliphatic carboxylic acids is 1. The number of rotatable bonds is 3. The average molecular weight is 244 g/mol. The van der Waals surface area contributed by atoms with Crippen LogP contribution in [-0.2, 0) is 11.2 Å². The minimum atomic E-state index is -0.790. The van der Waals surface area contributed by atoms with Crippen LogP contribution in [0.5, 0.6) is 0 Å². The monoisotopic (exact) mass is 243 g/mol. The van der Waals surface area contributed by atoms with Crippen molar-refractivity contribution in [2.75, 3.05) is 0 Å². The largest absolute Gasteiger partial charge is 0.481 e. The molecule has 0 aromatic carbocycles. The van der Waals surface area contributed by atoms with Crippen LogP contribution in [0, 0.1) is 5.92 Å². The topological polar surface area (TPSA) is 50.2 Å². The van der Waals surface area contributed by atoms with Gasteiger partial charge in [-0.3, -0.25) is 9.78 Å². The number of hydrogen-bond donors (Lipinski definition) is 1. The molecule has 0 aliphatic carbocycles. The zero-order valence-electron chi connectivity index (χ0n) is 7.20. The molecule has 1 aromatic heterocycles. The van der Waals surface area contributed by atoms with Gasteiger partial charge in [-0.2, -0.15) is 0 Å². The molecule has 0 aliphatic heterocycles. The van der Waals surface area contributed by atoms with E-state index in [1.807, 2.05) is 12.1 Å². The highest BCUT2D eigenvalue weighted by molar-refractivity contribution is 9.10. The highest BCUT2D eigenvalue weighted by Crippen LogP contribution is 2.12. The Morgan fingerprint density at radius 3 is 3.00 bits per heavy atom. The van der Waals surface area contributed by atoms with Gasteiger partial charge in [-0.15, -0.1) is 0 Å². The third-order valence-electron chi connectivity index (χ3n) is 1.72. The van der Waals surface area contributed by atoms with Gasteiger partial charge < -0.3 is 5.11 Å². The predicted molar refractivity (Wildman–Crippen MR) is 52.4 cm³/mol. The standard InChI is InChI=1S/C9H10BrNO2/c1-6(9(12)13)4-8-5-7(10)2-3-11-8/h2-3,5-6H,4H2,1H3,(H,12,13). The summed E-state index contributed by atoms with van der Waals surface area (Å²) in [6, 6.07) is 3.65. The third kappa shape index (κ3) is 3.14. The van der Waals surface area contributed by atoms with E-state index in [4.69, 9.17) is 5.11 Å². The molecule has 13 heavy (non-hydrogen) atoms. The molecule has 0 bridgehead atoms. The number of carboxylic acid groups (broad SMARTS) is 1. The summed E-state index contributed by atoms with van der Waals surface area (Å²) in [5, 5.41) is 8.67. The molecule has 1 N–H and O–H groups in total. The predicted octanol–water partition coefficient (Wildman–Crippen LogP) is 2.11. The van der Waals surface area contributed by atoms with E-state index in [1.54, 1.807) is 13.1 Å². The number of hydrogen-bond acceptors (Lipinski definition) is 2. The van der Waals surface area contributed by atoms with E-state index in [1.165, 1.54) is 0 Å². The molecule has 1 heterocycles. The molecule has 0 saturated heterocycles. The maximum atomic E-state index is 10.5. The van der Waals surface area contributed by atoms with Crippen molar-refractivity contribution >= 4 is 21.9 Å². The molecule has 4 heteroatoms. The molecule has 1 unspecified atom stereocenters. The first kappa shape index (κ1) is 10.2. The minimum absolute atomic E-state index is 0.387. The third-order valence-corrected chi connectivity index (χ3v) is 2.21. The highest BCUT2D eigenvalue weighted by atomic mass is 79.9. The van der Waals surface area contributed by atoms with Crippen molar-refractivity contribution in [1.82, 2.24) is 4.98 Å².